The Morgan fingerprint density at radius 1 is 0.783 bits per heavy atom. The highest BCUT2D eigenvalue weighted by atomic mass is 16.8. The van der Waals surface area contributed by atoms with Gasteiger partial charge in [0.25, 0.3) is 0 Å². The van der Waals surface area contributed by atoms with E-state index in [4.69, 9.17) is 24.4 Å². The Hall–Kier alpha value is -0.440. The van der Waals surface area contributed by atoms with Crippen molar-refractivity contribution >= 4 is 0 Å². The Bertz CT molecular complexity index is 393. The van der Waals surface area contributed by atoms with Crippen LogP contribution in [0.2, 0.25) is 0 Å². The molecule has 0 amide bonds. The van der Waals surface area contributed by atoms with E-state index in [2.05, 4.69) is 0 Å². The third kappa shape index (κ3) is 3.23. The number of rotatable bonds is 5. The van der Waals surface area contributed by atoms with Gasteiger partial charge in [-0.2, -0.15) is 0 Å². The second-order valence-corrected chi connectivity index (χ2v) is 5.56. The second kappa shape index (κ2) is 7.21. The maximum absolute atomic E-state index is 10.00. The standard InChI is InChI=1S/C12H22O11/c13-1-4-6(16)8(18)9(19)11(21-4)23-12(3-15)10(20)7(17)5(2-14)22-12/h4-11,13-20H,1-3H2/t4-,5+,6+,7-,8+,9+,10-,11+,12-/m0/s1. The second-order valence-electron chi connectivity index (χ2n) is 5.56. The Labute approximate surface area is 130 Å². The normalized spacial score (nSPS) is 51.1. The largest absolute Gasteiger partial charge is 0.394 e. The third-order valence-electron chi connectivity index (χ3n) is 4.07. The van der Waals surface area contributed by atoms with Crippen LogP contribution >= 0.6 is 0 Å². The molecular weight excluding hydrogens is 320 g/mol. The van der Waals surface area contributed by atoms with E-state index in [0.717, 1.165) is 0 Å². The molecule has 0 bridgehead atoms. The molecule has 23 heavy (non-hydrogen) atoms. The van der Waals surface area contributed by atoms with Gasteiger partial charge < -0.3 is 55.1 Å². The molecule has 9 atom stereocenters. The molecule has 0 unspecified atom stereocenters. The first-order chi connectivity index (χ1) is 10.8. The van der Waals surface area contributed by atoms with Crippen molar-refractivity contribution in [2.75, 3.05) is 19.8 Å². The Morgan fingerprint density at radius 2 is 1.39 bits per heavy atom. The van der Waals surface area contributed by atoms with Gasteiger partial charge in [-0.3, -0.25) is 0 Å². The minimum Gasteiger partial charge on any atom is -0.394 e. The van der Waals surface area contributed by atoms with Crippen molar-refractivity contribution in [2.24, 2.45) is 0 Å². The highest BCUT2D eigenvalue weighted by Gasteiger charge is 2.58. The first-order valence-corrected chi connectivity index (χ1v) is 7.05. The number of ether oxygens (including phenoxy) is 3. The van der Waals surface area contributed by atoms with Gasteiger partial charge in [-0.15, -0.1) is 0 Å². The van der Waals surface area contributed by atoms with E-state index in [-0.39, 0.29) is 0 Å². The van der Waals surface area contributed by atoms with Gasteiger partial charge in [-0.1, -0.05) is 0 Å². The summed E-state index contributed by atoms with van der Waals surface area (Å²) in [6.45, 7) is -2.32. The smallest absolute Gasteiger partial charge is 0.224 e. The highest BCUT2D eigenvalue weighted by Crippen LogP contribution is 2.35. The molecule has 0 aromatic heterocycles. The van der Waals surface area contributed by atoms with E-state index < -0.39 is 74.6 Å². The van der Waals surface area contributed by atoms with Crippen LogP contribution in [0.25, 0.3) is 0 Å². The molecule has 0 aromatic rings. The van der Waals surface area contributed by atoms with E-state index in [1.165, 1.54) is 0 Å². The van der Waals surface area contributed by atoms with Crippen LogP contribution in [0.15, 0.2) is 0 Å². The molecule has 11 nitrogen and oxygen atoms in total. The predicted molar refractivity (Wildman–Crippen MR) is 68.6 cm³/mol. The molecule has 2 heterocycles. The SMILES string of the molecule is OC[C@@H]1O[C@H](O[C@]2(CO)O[C@H](CO)[C@H](O)[C@@H]2O)[C@H](O)[C@H](O)[C@@H]1O. The summed E-state index contributed by atoms with van der Waals surface area (Å²) in [5.74, 6) is -2.22. The zero-order valence-electron chi connectivity index (χ0n) is 12.0. The van der Waals surface area contributed by atoms with Gasteiger partial charge in [0.15, 0.2) is 6.29 Å². The summed E-state index contributed by atoms with van der Waals surface area (Å²) in [6, 6.07) is 0. The van der Waals surface area contributed by atoms with Gasteiger partial charge in [-0.25, -0.2) is 0 Å². The van der Waals surface area contributed by atoms with Gasteiger partial charge in [0, 0.05) is 0 Å². The van der Waals surface area contributed by atoms with Crippen LogP contribution in [-0.2, 0) is 14.2 Å². The molecule has 2 saturated heterocycles. The van der Waals surface area contributed by atoms with Gasteiger partial charge in [0.2, 0.25) is 5.79 Å². The topological polar surface area (TPSA) is 190 Å². The zero-order valence-corrected chi connectivity index (χ0v) is 12.0. The molecule has 0 aliphatic carbocycles. The Morgan fingerprint density at radius 3 is 1.87 bits per heavy atom. The van der Waals surface area contributed by atoms with Gasteiger partial charge in [0.1, 0.15) is 49.3 Å². The maximum atomic E-state index is 10.00. The van der Waals surface area contributed by atoms with E-state index in [9.17, 15) is 30.6 Å². The van der Waals surface area contributed by atoms with Crippen molar-refractivity contribution in [3.63, 3.8) is 0 Å². The highest BCUT2D eigenvalue weighted by molar-refractivity contribution is 4.98. The van der Waals surface area contributed by atoms with E-state index in [0.29, 0.717) is 0 Å². The molecule has 11 heteroatoms. The number of hydrogen-bond donors (Lipinski definition) is 8. The van der Waals surface area contributed by atoms with Crippen molar-refractivity contribution in [2.45, 2.75) is 54.8 Å². The van der Waals surface area contributed by atoms with Gasteiger partial charge >= 0.3 is 0 Å². The van der Waals surface area contributed by atoms with Crippen molar-refractivity contribution in [1.29, 1.82) is 0 Å². The first kappa shape index (κ1) is 18.9. The minimum atomic E-state index is -2.22. The average Bonchev–Trinajstić information content (AvgIpc) is 2.80. The summed E-state index contributed by atoms with van der Waals surface area (Å²) in [5.41, 5.74) is 0. The molecule has 0 aromatic carbocycles. The fourth-order valence-electron chi connectivity index (χ4n) is 2.63. The summed E-state index contributed by atoms with van der Waals surface area (Å²) in [4.78, 5) is 0. The molecule has 2 fully saturated rings. The molecular formula is C12H22O11. The van der Waals surface area contributed by atoms with E-state index in [1.807, 2.05) is 0 Å². The maximum Gasteiger partial charge on any atom is 0.224 e. The number of aliphatic hydroxyl groups excluding tert-OH is 8. The van der Waals surface area contributed by atoms with Crippen LogP contribution < -0.4 is 0 Å². The Balaban J connectivity index is 2.18. The summed E-state index contributed by atoms with van der Waals surface area (Å²) >= 11 is 0. The molecule has 136 valence electrons. The minimum absolute atomic E-state index is 0.669. The Kier molecular flexibility index (Phi) is 5.92. The summed E-state index contributed by atoms with van der Waals surface area (Å²) in [6.07, 6.45) is -12.7. The lowest BCUT2D eigenvalue weighted by molar-refractivity contribution is -0.383. The lowest BCUT2D eigenvalue weighted by Gasteiger charge is -2.43. The summed E-state index contributed by atoms with van der Waals surface area (Å²) in [7, 11) is 0. The molecule has 2 rings (SSSR count). The zero-order chi connectivity index (χ0) is 17.4. The van der Waals surface area contributed by atoms with Crippen LogP contribution in [0.3, 0.4) is 0 Å². The van der Waals surface area contributed by atoms with Crippen LogP contribution in [0.4, 0.5) is 0 Å². The quantitative estimate of drug-likeness (QED) is 0.238. The van der Waals surface area contributed by atoms with E-state index >= 15 is 0 Å². The molecule has 0 spiro atoms. The molecule has 8 N–H and O–H groups in total. The van der Waals surface area contributed by atoms with Crippen LogP contribution in [-0.4, -0.2) is 115 Å². The predicted octanol–water partition coefficient (Wildman–Crippen LogP) is -5.40. The van der Waals surface area contributed by atoms with Crippen LogP contribution in [0.5, 0.6) is 0 Å². The number of aliphatic hydroxyl groups is 8. The van der Waals surface area contributed by atoms with Crippen LogP contribution in [0, 0.1) is 0 Å². The first-order valence-electron chi connectivity index (χ1n) is 7.05. The van der Waals surface area contributed by atoms with Gasteiger partial charge in [-0.05, 0) is 0 Å². The van der Waals surface area contributed by atoms with Gasteiger partial charge in [0.05, 0.1) is 13.2 Å². The lowest BCUT2D eigenvalue weighted by Crippen LogP contribution is -2.62. The van der Waals surface area contributed by atoms with Crippen molar-refractivity contribution in [3.05, 3.63) is 0 Å². The summed E-state index contributed by atoms with van der Waals surface area (Å²) < 4.78 is 15.4. The monoisotopic (exact) mass is 342 g/mol. The molecule has 0 saturated carbocycles. The fourth-order valence-corrected chi connectivity index (χ4v) is 2.63. The molecule has 0 radical (unpaired) electrons. The molecule has 2 aliphatic heterocycles. The lowest BCUT2D eigenvalue weighted by atomic mass is 9.99. The van der Waals surface area contributed by atoms with Crippen molar-refractivity contribution in [1.82, 2.24) is 0 Å². The summed E-state index contributed by atoms with van der Waals surface area (Å²) in [5, 5.41) is 76.7. The van der Waals surface area contributed by atoms with Crippen molar-refractivity contribution < 1.29 is 55.1 Å². The van der Waals surface area contributed by atoms with Crippen LogP contribution in [0.1, 0.15) is 0 Å². The van der Waals surface area contributed by atoms with E-state index in [1.54, 1.807) is 0 Å². The fraction of sp³-hybridized carbons (Fsp3) is 1.00. The number of hydrogen-bond acceptors (Lipinski definition) is 11. The third-order valence-corrected chi connectivity index (χ3v) is 4.07. The molecule has 2 aliphatic rings. The average molecular weight is 342 g/mol. The van der Waals surface area contributed by atoms with Crippen molar-refractivity contribution in [3.8, 4) is 0 Å².